The van der Waals surface area contributed by atoms with Gasteiger partial charge in [0.25, 0.3) is 6.01 Å². The van der Waals surface area contributed by atoms with Crippen LogP contribution >= 0.6 is 0 Å². The molecule has 6 rings (SSSR count). The van der Waals surface area contributed by atoms with E-state index in [1.165, 1.54) is 35.1 Å². The number of carbonyl (C=O) groups is 2. The van der Waals surface area contributed by atoms with Gasteiger partial charge in [-0.25, -0.2) is 19.3 Å². The Morgan fingerprint density at radius 1 is 0.746 bits per heavy atom. The van der Waals surface area contributed by atoms with Crippen molar-refractivity contribution in [1.29, 1.82) is 0 Å². The molecule has 0 radical (unpaired) electrons. The van der Waals surface area contributed by atoms with Crippen LogP contribution in [0, 0.1) is 0 Å². The lowest BCUT2D eigenvalue weighted by atomic mass is 9.89. The molecule has 3 heterocycles. The predicted molar refractivity (Wildman–Crippen MR) is 183 cm³/mol. The van der Waals surface area contributed by atoms with Crippen molar-refractivity contribution in [1.82, 2.24) is 20.1 Å². The largest absolute Gasteiger partial charge is 0.573 e. The molecule has 4 N–H and O–H groups in total. The molecule has 1 saturated carbocycles. The van der Waals surface area contributed by atoms with Crippen molar-refractivity contribution in [3.8, 4) is 22.8 Å². The van der Waals surface area contributed by atoms with Crippen LogP contribution in [0.1, 0.15) is 44.2 Å². The van der Waals surface area contributed by atoms with Gasteiger partial charge in [0, 0.05) is 48.7 Å². The molecule has 4 aromatic rings. The molecular weight excluding hydrogens is 828 g/mol. The number of carboxylic acid groups (broad SMARTS) is 2. The van der Waals surface area contributed by atoms with Gasteiger partial charge in [-0.05, 0) is 80.3 Å². The normalized spacial score (nSPS) is 18.8. The van der Waals surface area contributed by atoms with E-state index in [0.29, 0.717) is 23.0 Å². The molecule has 2 aromatic heterocycles. The number of piperidine rings is 1. The fourth-order valence-corrected chi connectivity index (χ4v) is 6.04. The maximum atomic E-state index is 12.9. The van der Waals surface area contributed by atoms with Gasteiger partial charge in [-0.3, -0.25) is 0 Å². The second kappa shape index (κ2) is 18.9. The number of anilines is 2. The summed E-state index contributed by atoms with van der Waals surface area (Å²) in [4.78, 5) is 24.4. The molecule has 0 unspecified atom stereocenters. The molecule has 2 aromatic carbocycles. The number of nitrogens with zero attached hydrogens (tertiary/aromatic N) is 4. The topological polar surface area (TPSA) is 155 Å². The fraction of sp³-hybridized carbons (Fsp3) is 0.429. The van der Waals surface area contributed by atoms with Crippen molar-refractivity contribution in [2.45, 2.75) is 81.5 Å². The van der Waals surface area contributed by atoms with E-state index in [1.54, 1.807) is 18.3 Å². The Hall–Kier alpha value is -5.68. The smallest absolute Gasteiger partial charge is 0.475 e. The Labute approximate surface area is 325 Å². The molecule has 12 nitrogen and oxygen atoms in total. The maximum Gasteiger partial charge on any atom is 0.573 e. The zero-order chi connectivity index (χ0) is 43.8. The van der Waals surface area contributed by atoms with Crippen molar-refractivity contribution >= 4 is 23.6 Å². The number of aromatic nitrogens is 3. The van der Waals surface area contributed by atoms with Gasteiger partial charge in [0.1, 0.15) is 5.75 Å². The molecule has 324 valence electrons. The minimum atomic E-state index is -5.08. The van der Waals surface area contributed by atoms with Gasteiger partial charge in [0.2, 0.25) is 0 Å². The van der Waals surface area contributed by atoms with Crippen molar-refractivity contribution in [3.05, 3.63) is 72.7 Å². The number of rotatable bonds is 8. The van der Waals surface area contributed by atoms with Crippen molar-refractivity contribution in [2.75, 3.05) is 23.3 Å². The van der Waals surface area contributed by atoms with E-state index >= 15 is 0 Å². The van der Waals surface area contributed by atoms with Crippen molar-refractivity contribution in [2.24, 2.45) is 0 Å². The van der Waals surface area contributed by atoms with Gasteiger partial charge in [0.05, 0.1) is 11.9 Å². The summed E-state index contributed by atoms with van der Waals surface area (Å²) >= 11 is 0. The Balaban J connectivity index is 0.000000471. The molecule has 1 saturated heterocycles. The van der Waals surface area contributed by atoms with E-state index in [-0.39, 0.29) is 23.9 Å². The Morgan fingerprint density at radius 3 is 1.83 bits per heavy atom. The number of benzene rings is 2. The number of nitrogens with one attached hydrogen (secondary N) is 2. The van der Waals surface area contributed by atoms with Crippen LogP contribution in [0.4, 0.5) is 64.4 Å². The summed E-state index contributed by atoms with van der Waals surface area (Å²) in [7, 11) is 0. The first-order valence-electron chi connectivity index (χ1n) is 17.3. The summed E-state index contributed by atoms with van der Waals surface area (Å²) in [5.41, 5.74) is 1.20. The minimum absolute atomic E-state index is 0.0816. The van der Waals surface area contributed by atoms with Gasteiger partial charge in [-0.1, -0.05) is 12.8 Å². The average molecular weight is 863 g/mol. The third kappa shape index (κ3) is 14.3. The van der Waals surface area contributed by atoms with E-state index in [4.69, 9.17) is 24.2 Å². The number of oxazole rings is 1. The van der Waals surface area contributed by atoms with E-state index in [0.717, 1.165) is 63.4 Å². The van der Waals surface area contributed by atoms with E-state index in [1.807, 2.05) is 12.1 Å². The standard InChI is InChI=1S/C31H32F6N6O2.2C2HF3O2/c32-30(33,34)28-15-17-43(41-28)23-11-9-22(10-12-23)42-16-3-4-21(19-42)39-25-5-1-2-6-26(25)40-29-38-18-27(44-29)20-7-13-24(14-8-20)45-31(35,36)37;2*3-2(4,5)1(6)7/h7-15,17-18,21,25-26,39H,1-6,16,19H2,(H,38,40);2*(H,6,7)/t21-,25+,26+;;/m0../s1. The van der Waals surface area contributed by atoms with Crippen LogP contribution in [-0.2, 0) is 15.8 Å². The SMILES string of the molecule is FC(F)(F)Oc1ccc(-c2cnc(N[C@@H]3CCCC[C@H]3N[C@H]3CCCN(c4ccc(-n5ccc(C(F)(F)F)n5)cc4)C3)o2)cc1.O=C(O)C(F)(F)F.O=C(O)C(F)(F)F. The second-order valence-corrected chi connectivity index (χ2v) is 13.0. The highest BCUT2D eigenvalue weighted by atomic mass is 19.4. The number of halogens is 12. The molecule has 1 aliphatic carbocycles. The average Bonchev–Trinajstić information content (AvgIpc) is 3.83. The van der Waals surface area contributed by atoms with Crippen molar-refractivity contribution < 1.29 is 81.6 Å². The second-order valence-electron chi connectivity index (χ2n) is 13.0. The van der Waals surface area contributed by atoms with Gasteiger partial charge in [-0.15, -0.1) is 13.2 Å². The van der Waals surface area contributed by atoms with E-state index < -0.39 is 42.5 Å². The number of aliphatic carboxylic acids is 2. The molecule has 3 atom stereocenters. The highest BCUT2D eigenvalue weighted by Crippen LogP contribution is 2.31. The van der Waals surface area contributed by atoms with Gasteiger partial charge in [-0.2, -0.15) is 44.6 Å². The van der Waals surface area contributed by atoms with Crippen molar-refractivity contribution in [3.63, 3.8) is 0 Å². The molecule has 1 aliphatic heterocycles. The van der Waals surface area contributed by atoms with E-state index in [2.05, 4.69) is 30.4 Å². The van der Waals surface area contributed by atoms with E-state index in [9.17, 15) is 52.7 Å². The van der Waals surface area contributed by atoms with Gasteiger partial charge >= 0.3 is 36.8 Å². The fourth-order valence-electron chi connectivity index (χ4n) is 6.04. The van der Waals surface area contributed by atoms with Crippen LogP contribution in [0.2, 0.25) is 0 Å². The Bertz CT molecular complexity index is 1940. The minimum Gasteiger partial charge on any atom is -0.475 e. The summed E-state index contributed by atoms with van der Waals surface area (Å²) in [6.45, 7) is 1.67. The van der Waals surface area contributed by atoms with Crippen LogP contribution in [-0.4, -0.2) is 86.8 Å². The lowest BCUT2D eigenvalue weighted by Gasteiger charge is -2.40. The molecule has 2 fully saturated rings. The summed E-state index contributed by atoms with van der Waals surface area (Å²) < 4.78 is 151. The molecule has 0 spiro atoms. The molecule has 2 aliphatic rings. The number of ether oxygens (including phenoxy) is 1. The Morgan fingerprint density at radius 2 is 1.31 bits per heavy atom. The molecular formula is C35H34F12N6O6. The molecule has 24 heteroatoms. The summed E-state index contributed by atoms with van der Waals surface area (Å²) in [6.07, 6.45) is -10.5. The third-order valence-corrected chi connectivity index (χ3v) is 8.67. The summed E-state index contributed by atoms with van der Waals surface area (Å²) in [5, 5.41) is 25.2. The number of carboxylic acids is 2. The monoisotopic (exact) mass is 862 g/mol. The summed E-state index contributed by atoms with van der Waals surface area (Å²) in [6, 6.07) is 14.6. The van der Waals surface area contributed by atoms with Crippen LogP contribution in [0.3, 0.4) is 0 Å². The van der Waals surface area contributed by atoms with Crippen LogP contribution < -0.4 is 20.3 Å². The number of hydrogen-bond donors (Lipinski definition) is 4. The zero-order valence-electron chi connectivity index (χ0n) is 30.1. The maximum absolute atomic E-state index is 12.9. The summed E-state index contributed by atoms with van der Waals surface area (Å²) in [5.74, 6) is -5.39. The van der Waals surface area contributed by atoms with Crippen LogP contribution in [0.25, 0.3) is 17.0 Å². The lowest BCUT2D eigenvalue weighted by Crippen LogP contribution is -2.54. The highest BCUT2D eigenvalue weighted by Gasteiger charge is 2.39. The first kappa shape index (κ1) is 46.0. The first-order chi connectivity index (χ1) is 27.4. The highest BCUT2D eigenvalue weighted by molar-refractivity contribution is 5.73. The quantitative estimate of drug-likeness (QED) is 0.126. The Kier molecular flexibility index (Phi) is 14.8. The first-order valence-corrected chi connectivity index (χ1v) is 17.3. The number of hydrogen-bond acceptors (Lipinski definition) is 9. The zero-order valence-corrected chi connectivity index (χ0v) is 30.1. The van der Waals surface area contributed by atoms with Crippen LogP contribution in [0.5, 0.6) is 5.75 Å². The molecule has 0 bridgehead atoms. The molecule has 59 heavy (non-hydrogen) atoms. The number of alkyl halides is 12. The third-order valence-electron chi connectivity index (χ3n) is 8.67. The van der Waals surface area contributed by atoms with Crippen LogP contribution in [0.15, 0.2) is 71.4 Å². The predicted octanol–water partition coefficient (Wildman–Crippen LogP) is 8.69. The van der Waals surface area contributed by atoms with Gasteiger partial charge < -0.3 is 34.9 Å². The van der Waals surface area contributed by atoms with Gasteiger partial charge in [0.15, 0.2) is 11.5 Å². The lowest BCUT2D eigenvalue weighted by molar-refractivity contribution is -0.274. The molecule has 0 amide bonds.